The quantitative estimate of drug-likeness (QED) is 0.307. The van der Waals surface area contributed by atoms with Gasteiger partial charge in [-0.05, 0) is 15.8 Å². The summed E-state index contributed by atoms with van der Waals surface area (Å²) in [5.41, 5.74) is 0.140. The number of amides is 1. The summed E-state index contributed by atoms with van der Waals surface area (Å²) >= 11 is 0. The molecule has 5 rings (SSSR count). The number of carbonyl (C=O) groups is 1. The molecule has 3 aromatic rings. The molecular weight excluding hydrogens is 522 g/mol. The lowest BCUT2D eigenvalue weighted by atomic mass is 9.74. The van der Waals surface area contributed by atoms with E-state index in [0.29, 0.717) is 19.6 Å². The van der Waals surface area contributed by atoms with Crippen LogP contribution in [0.2, 0.25) is 0 Å². The fraction of sp³-hybridized carbons (Fsp3) is 0.407. The van der Waals surface area contributed by atoms with E-state index in [0.717, 1.165) is 16.6 Å². The normalized spacial score (nSPS) is 20.3. The maximum absolute atomic E-state index is 13.6. The van der Waals surface area contributed by atoms with Crippen LogP contribution in [0.25, 0.3) is 0 Å². The third-order valence-electron chi connectivity index (χ3n) is 7.04. The first-order chi connectivity index (χ1) is 18.0. The number of aromatic nitrogens is 1. The van der Waals surface area contributed by atoms with Crippen molar-refractivity contribution >= 4 is 41.5 Å². The van der Waals surface area contributed by atoms with Gasteiger partial charge in [-0.3, -0.25) is 8.98 Å². The molecule has 2 aliphatic rings. The zero-order valence-corrected chi connectivity index (χ0v) is 24.0. The summed E-state index contributed by atoms with van der Waals surface area (Å²) in [7, 11) is -5.63. The summed E-state index contributed by atoms with van der Waals surface area (Å²) in [5, 5.41) is 2.30. The first kappa shape index (κ1) is 26.6. The Morgan fingerprint density at radius 2 is 1.58 bits per heavy atom. The van der Waals surface area contributed by atoms with Crippen LogP contribution >= 0.6 is 0 Å². The molecule has 0 aliphatic carbocycles. The van der Waals surface area contributed by atoms with Gasteiger partial charge in [0, 0.05) is 12.5 Å². The van der Waals surface area contributed by atoms with Crippen LogP contribution in [0.1, 0.15) is 31.3 Å². The summed E-state index contributed by atoms with van der Waals surface area (Å²) < 4.78 is 40.1. The zero-order valence-electron chi connectivity index (χ0n) is 22.0. The lowest BCUT2D eigenvalue weighted by molar-refractivity contribution is -0.125. The average Bonchev–Trinajstić information content (AvgIpc) is 3.30. The Balaban J connectivity index is 1.34. The van der Waals surface area contributed by atoms with Crippen molar-refractivity contribution in [3.8, 4) is 0 Å². The molecular formula is C27H33N3O6SSi. The standard InChI is InChI=1S/C27H33N3O6SSi/c1-27(2,3)22-17-30(24(31)23-18-34-26(28-23)29-15-19(16-29)35-37(4,32)33)25(22)36-38(20-11-7-5-8-12-20)21-13-9-6-10-14-21/h5-14,18-19,22,25,38H,15-17H2,1-4H3. The van der Waals surface area contributed by atoms with Crippen molar-refractivity contribution in [3.63, 3.8) is 0 Å². The molecule has 2 fully saturated rings. The van der Waals surface area contributed by atoms with Gasteiger partial charge in [-0.2, -0.15) is 13.4 Å². The number of carbonyl (C=O) groups excluding carboxylic acids is 1. The molecule has 2 unspecified atom stereocenters. The van der Waals surface area contributed by atoms with Crippen LogP contribution in [-0.4, -0.2) is 71.5 Å². The van der Waals surface area contributed by atoms with E-state index in [2.05, 4.69) is 50.0 Å². The van der Waals surface area contributed by atoms with Crippen LogP contribution in [0.15, 0.2) is 71.3 Å². The molecule has 202 valence electrons. The second kappa shape index (κ2) is 10.3. The molecule has 3 heterocycles. The first-order valence-corrected chi connectivity index (χ1v) is 16.1. The van der Waals surface area contributed by atoms with E-state index in [-0.39, 0.29) is 28.9 Å². The molecule has 0 radical (unpaired) electrons. The third-order valence-corrected chi connectivity index (χ3v) is 10.2. The first-order valence-electron chi connectivity index (χ1n) is 12.6. The van der Waals surface area contributed by atoms with Crippen LogP contribution < -0.4 is 15.3 Å². The molecule has 11 heteroatoms. The SMILES string of the molecule is CC(C)(C)C1CN(C(=O)c2coc(N3CC(OS(C)(=O)=O)C3)n2)C1O[SiH](c1ccccc1)c1ccccc1. The van der Waals surface area contributed by atoms with Gasteiger partial charge in [0.05, 0.1) is 19.3 Å². The topological polar surface area (TPSA) is 102 Å². The monoisotopic (exact) mass is 555 g/mol. The number of benzene rings is 2. The fourth-order valence-corrected chi connectivity index (χ4v) is 7.93. The number of nitrogens with zero attached hydrogens (tertiary/aromatic N) is 3. The molecule has 2 aromatic carbocycles. The van der Waals surface area contributed by atoms with E-state index in [9.17, 15) is 13.2 Å². The van der Waals surface area contributed by atoms with Gasteiger partial charge in [0.25, 0.3) is 22.0 Å². The molecule has 1 aromatic heterocycles. The Kier molecular flexibility index (Phi) is 7.20. The van der Waals surface area contributed by atoms with E-state index in [1.165, 1.54) is 6.26 Å². The summed E-state index contributed by atoms with van der Waals surface area (Å²) in [6.45, 7) is 7.72. The molecule has 38 heavy (non-hydrogen) atoms. The van der Waals surface area contributed by atoms with Crippen LogP contribution in [0, 0.1) is 11.3 Å². The van der Waals surface area contributed by atoms with E-state index in [4.69, 9.17) is 13.0 Å². The van der Waals surface area contributed by atoms with Gasteiger partial charge in [0.1, 0.15) is 18.6 Å². The molecule has 2 atom stereocenters. The smallest absolute Gasteiger partial charge is 0.298 e. The Bertz CT molecular complexity index is 1330. The van der Waals surface area contributed by atoms with Crippen LogP contribution in [0.3, 0.4) is 0 Å². The Labute approximate surface area is 225 Å². The van der Waals surface area contributed by atoms with Gasteiger partial charge in [-0.1, -0.05) is 81.4 Å². The van der Waals surface area contributed by atoms with Crippen LogP contribution in [0.5, 0.6) is 0 Å². The summed E-state index contributed by atoms with van der Waals surface area (Å²) in [6, 6.07) is 20.7. The predicted octanol–water partition coefficient (Wildman–Crippen LogP) is 1.84. The Hall–Kier alpha value is -2.99. The number of oxazole rings is 1. The molecule has 0 spiro atoms. The number of hydrogen-bond donors (Lipinski definition) is 0. The minimum atomic E-state index is -3.53. The second-order valence-electron chi connectivity index (χ2n) is 11.0. The zero-order chi connectivity index (χ0) is 27.1. The van der Waals surface area contributed by atoms with Crippen molar-refractivity contribution < 1.29 is 26.2 Å². The number of likely N-dealkylation sites (tertiary alicyclic amines) is 1. The predicted molar refractivity (Wildman–Crippen MR) is 147 cm³/mol. The summed E-state index contributed by atoms with van der Waals surface area (Å²) in [5.74, 6) is -0.0895. The minimum Gasteiger partial charge on any atom is -0.431 e. The van der Waals surface area contributed by atoms with Crippen LogP contribution in [-0.2, 0) is 18.7 Å². The third kappa shape index (κ3) is 5.70. The van der Waals surface area contributed by atoms with Crippen molar-refractivity contribution in [1.82, 2.24) is 9.88 Å². The minimum absolute atomic E-state index is 0.0605. The summed E-state index contributed by atoms with van der Waals surface area (Å²) in [4.78, 5) is 21.5. The van der Waals surface area contributed by atoms with Crippen molar-refractivity contribution in [3.05, 3.63) is 72.6 Å². The maximum Gasteiger partial charge on any atom is 0.298 e. The van der Waals surface area contributed by atoms with Gasteiger partial charge in [-0.25, -0.2) is 0 Å². The molecule has 1 amide bonds. The molecule has 0 N–H and O–H groups in total. The molecule has 0 bridgehead atoms. The van der Waals surface area contributed by atoms with Gasteiger partial charge < -0.3 is 18.6 Å². The average molecular weight is 556 g/mol. The van der Waals surface area contributed by atoms with Gasteiger partial charge in [0.15, 0.2) is 5.69 Å². The largest absolute Gasteiger partial charge is 0.431 e. The van der Waals surface area contributed by atoms with E-state index < -0.39 is 31.5 Å². The molecule has 2 aliphatic heterocycles. The Morgan fingerprint density at radius 1 is 1.00 bits per heavy atom. The maximum atomic E-state index is 13.6. The molecule has 0 saturated carbocycles. The van der Waals surface area contributed by atoms with E-state index in [1.807, 2.05) is 36.4 Å². The highest BCUT2D eigenvalue weighted by atomic mass is 32.2. The van der Waals surface area contributed by atoms with Crippen molar-refractivity contribution in [2.24, 2.45) is 11.3 Å². The van der Waals surface area contributed by atoms with Crippen LogP contribution in [0.4, 0.5) is 6.01 Å². The van der Waals surface area contributed by atoms with Crippen molar-refractivity contribution in [2.75, 3.05) is 30.8 Å². The molecule has 9 nitrogen and oxygen atoms in total. The fourth-order valence-electron chi connectivity index (χ4n) is 4.86. The number of anilines is 1. The summed E-state index contributed by atoms with van der Waals surface area (Å²) in [6.07, 6.45) is 1.54. The highest BCUT2D eigenvalue weighted by molar-refractivity contribution is 7.86. The van der Waals surface area contributed by atoms with Gasteiger partial charge >= 0.3 is 0 Å². The Morgan fingerprint density at radius 3 is 2.11 bits per heavy atom. The lowest BCUT2D eigenvalue weighted by Crippen LogP contribution is -2.66. The number of hydrogen-bond acceptors (Lipinski definition) is 8. The van der Waals surface area contributed by atoms with Gasteiger partial charge in [0.2, 0.25) is 9.04 Å². The highest BCUT2D eigenvalue weighted by Crippen LogP contribution is 2.41. The van der Waals surface area contributed by atoms with E-state index in [1.54, 1.807) is 9.80 Å². The van der Waals surface area contributed by atoms with Gasteiger partial charge in [-0.15, -0.1) is 0 Å². The van der Waals surface area contributed by atoms with Crippen molar-refractivity contribution in [2.45, 2.75) is 33.1 Å². The lowest BCUT2D eigenvalue weighted by Gasteiger charge is -2.53. The number of rotatable bonds is 8. The second-order valence-corrected chi connectivity index (χ2v) is 15.0. The van der Waals surface area contributed by atoms with Crippen molar-refractivity contribution in [1.29, 1.82) is 0 Å². The molecule has 2 saturated heterocycles. The van der Waals surface area contributed by atoms with E-state index >= 15 is 0 Å². The highest BCUT2D eigenvalue weighted by Gasteiger charge is 2.50.